The minimum atomic E-state index is -3.10. The van der Waals surface area contributed by atoms with Crippen molar-refractivity contribution >= 4 is 26.5 Å². The molecule has 9 nitrogen and oxygen atoms in total. The maximum absolute atomic E-state index is 12.7. The van der Waals surface area contributed by atoms with Gasteiger partial charge >= 0.3 is 0 Å². The molecule has 2 heterocycles. The van der Waals surface area contributed by atoms with Crippen LogP contribution in [0.5, 0.6) is 11.5 Å². The van der Waals surface area contributed by atoms with E-state index in [-0.39, 0.29) is 29.2 Å². The highest BCUT2D eigenvalue weighted by molar-refractivity contribution is 7.91. The van der Waals surface area contributed by atoms with Crippen molar-refractivity contribution in [2.45, 2.75) is 19.0 Å². The number of hydrogen-bond donors (Lipinski definition) is 1. The van der Waals surface area contributed by atoms with E-state index in [2.05, 4.69) is 10.4 Å². The zero-order chi connectivity index (χ0) is 18.9. The first kappa shape index (κ1) is 18.2. The molecule has 0 saturated carbocycles. The molecule has 0 radical (unpaired) electrons. The highest BCUT2D eigenvalue weighted by atomic mass is 32.2. The smallest absolute Gasteiger partial charge is 0.279 e. The van der Waals surface area contributed by atoms with Crippen LogP contribution in [0.3, 0.4) is 0 Å². The summed E-state index contributed by atoms with van der Waals surface area (Å²) in [6, 6.07) is 2.91. The van der Waals surface area contributed by atoms with Crippen LogP contribution in [-0.4, -0.2) is 55.9 Å². The Morgan fingerprint density at radius 2 is 2.12 bits per heavy atom. The van der Waals surface area contributed by atoms with Crippen LogP contribution in [0.15, 0.2) is 23.1 Å². The van der Waals surface area contributed by atoms with Gasteiger partial charge in [0.05, 0.1) is 37.3 Å². The van der Waals surface area contributed by atoms with E-state index in [0.29, 0.717) is 17.6 Å². The van der Waals surface area contributed by atoms with Gasteiger partial charge in [-0.25, -0.2) is 13.1 Å². The summed E-state index contributed by atoms with van der Waals surface area (Å²) in [6.45, 7) is -0.314. The summed E-state index contributed by atoms with van der Waals surface area (Å²) in [7, 11) is -0.207. The molecule has 1 saturated heterocycles. The number of sulfone groups is 1. The fourth-order valence-corrected chi connectivity index (χ4v) is 4.69. The molecule has 0 spiro atoms. The molecule has 1 amide bonds. The van der Waals surface area contributed by atoms with Crippen molar-refractivity contribution in [1.29, 1.82) is 0 Å². The Bertz CT molecular complexity index is 1010. The molecule has 2 aromatic rings. The summed E-state index contributed by atoms with van der Waals surface area (Å²) in [4.78, 5) is 24.9. The third kappa shape index (κ3) is 3.50. The van der Waals surface area contributed by atoms with Gasteiger partial charge in [0.15, 0.2) is 21.3 Å². The zero-order valence-corrected chi connectivity index (χ0v) is 15.2. The minimum Gasteiger partial charge on any atom is -0.493 e. The van der Waals surface area contributed by atoms with Crippen LogP contribution >= 0.6 is 0 Å². The van der Waals surface area contributed by atoms with E-state index in [0.717, 1.165) is 4.68 Å². The van der Waals surface area contributed by atoms with E-state index in [4.69, 9.17) is 9.47 Å². The average molecular weight is 381 g/mol. The van der Waals surface area contributed by atoms with Crippen molar-refractivity contribution in [3.05, 3.63) is 28.7 Å². The minimum absolute atomic E-state index is 0.0586. The van der Waals surface area contributed by atoms with E-state index in [1.807, 2.05) is 0 Å². The second-order valence-electron chi connectivity index (χ2n) is 6.04. The Balaban J connectivity index is 1.87. The molecule has 10 heteroatoms. The number of carbonyl (C=O) groups is 1. The normalized spacial score (nSPS) is 18.6. The summed E-state index contributed by atoms with van der Waals surface area (Å²) in [6.07, 6.45) is 1.84. The Hall–Kier alpha value is -2.62. The van der Waals surface area contributed by atoms with Gasteiger partial charge in [0.25, 0.3) is 5.56 Å². The predicted molar refractivity (Wildman–Crippen MR) is 94.3 cm³/mol. The molecule has 1 N–H and O–H groups in total. The van der Waals surface area contributed by atoms with Crippen LogP contribution < -0.4 is 20.3 Å². The van der Waals surface area contributed by atoms with E-state index >= 15 is 0 Å². The first-order valence-electron chi connectivity index (χ1n) is 7.95. The number of carbonyl (C=O) groups excluding carboxylic acids is 1. The number of nitrogens with one attached hydrogen (secondary N) is 1. The molecule has 1 atom stereocenters. The van der Waals surface area contributed by atoms with Crippen LogP contribution in [0.2, 0.25) is 0 Å². The first-order valence-corrected chi connectivity index (χ1v) is 9.77. The van der Waals surface area contributed by atoms with Gasteiger partial charge < -0.3 is 14.8 Å². The SMILES string of the molecule is COc1ccc2cnn(CC(=O)NC3CCS(=O)(=O)C3)c(=O)c2c1OC. The van der Waals surface area contributed by atoms with Crippen molar-refractivity contribution in [3.63, 3.8) is 0 Å². The number of amides is 1. The molecule has 1 aliphatic rings. The number of benzene rings is 1. The average Bonchev–Trinajstić information content (AvgIpc) is 2.94. The summed E-state index contributed by atoms with van der Waals surface area (Å²) < 4.78 is 34.4. The van der Waals surface area contributed by atoms with Crippen LogP contribution in [0.25, 0.3) is 10.8 Å². The number of nitrogens with zero attached hydrogens (tertiary/aromatic N) is 2. The van der Waals surface area contributed by atoms with Crippen molar-refractivity contribution < 1.29 is 22.7 Å². The fourth-order valence-electron chi connectivity index (χ4n) is 3.01. The largest absolute Gasteiger partial charge is 0.493 e. The summed E-state index contributed by atoms with van der Waals surface area (Å²) in [5.74, 6) is 0.180. The lowest BCUT2D eigenvalue weighted by Crippen LogP contribution is -2.40. The number of fused-ring (bicyclic) bond motifs is 1. The summed E-state index contributed by atoms with van der Waals surface area (Å²) in [5.41, 5.74) is -0.493. The van der Waals surface area contributed by atoms with E-state index in [1.54, 1.807) is 12.1 Å². The highest BCUT2D eigenvalue weighted by Gasteiger charge is 2.29. The Morgan fingerprint density at radius 3 is 2.73 bits per heavy atom. The number of ether oxygens (including phenoxy) is 2. The molecule has 1 aromatic heterocycles. The molecule has 0 bridgehead atoms. The first-order chi connectivity index (χ1) is 12.3. The Morgan fingerprint density at radius 1 is 1.35 bits per heavy atom. The maximum Gasteiger partial charge on any atom is 0.279 e. The molecular formula is C16H19N3O6S. The molecule has 140 valence electrons. The number of methoxy groups -OCH3 is 2. The molecule has 0 aliphatic carbocycles. The maximum atomic E-state index is 12.7. The lowest BCUT2D eigenvalue weighted by atomic mass is 10.1. The molecule has 3 rings (SSSR count). The second kappa shape index (κ2) is 6.94. The monoisotopic (exact) mass is 381 g/mol. The van der Waals surface area contributed by atoms with Crippen LogP contribution in [0.4, 0.5) is 0 Å². The van der Waals surface area contributed by atoms with E-state index in [9.17, 15) is 18.0 Å². The zero-order valence-electron chi connectivity index (χ0n) is 14.4. The Labute approximate surface area is 149 Å². The van der Waals surface area contributed by atoms with Gasteiger partial charge in [-0.15, -0.1) is 0 Å². The third-order valence-corrected chi connectivity index (χ3v) is 6.02. The van der Waals surface area contributed by atoms with Crippen LogP contribution in [0.1, 0.15) is 6.42 Å². The standard InChI is InChI=1S/C16H19N3O6S/c1-24-12-4-3-10-7-17-19(16(21)14(10)15(12)25-2)8-13(20)18-11-5-6-26(22,23)9-11/h3-4,7,11H,5-6,8-9H2,1-2H3,(H,18,20). The fraction of sp³-hybridized carbons (Fsp3) is 0.438. The quantitative estimate of drug-likeness (QED) is 0.757. The van der Waals surface area contributed by atoms with Crippen LogP contribution in [-0.2, 0) is 21.2 Å². The molecule has 1 aliphatic heterocycles. The number of hydrogen-bond acceptors (Lipinski definition) is 7. The molecule has 26 heavy (non-hydrogen) atoms. The predicted octanol–water partition coefficient (Wildman–Crippen LogP) is -0.283. The van der Waals surface area contributed by atoms with Gasteiger partial charge in [-0.2, -0.15) is 5.10 Å². The number of aromatic nitrogens is 2. The van der Waals surface area contributed by atoms with Gasteiger partial charge in [0.1, 0.15) is 6.54 Å². The molecule has 1 unspecified atom stereocenters. The van der Waals surface area contributed by atoms with Gasteiger partial charge in [0.2, 0.25) is 5.91 Å². The number of rotatable bonds is 5. The molecular weight excluding hydrogens is 362 g/mol. The molecule has 1 fully saturated rings. The van der Waals surface area contributed by atoms with E-state index in [1.165, 1.54) is 20.4 Å². The lowest BCUT2D eigenvalue weighted by Gasteiger charge is -2.13. The van der Waals surface area contributed by atoms with Crippen molar-refractivity contribution in [3.8, 4) is 11.5 Å². The van der Waals surface area contributed by atoms with Crippen molar-refractivity contribution in [1.82, 2.24) is 15.1 Å². The summed E-state index contributed by atoms with van der Waals surface area (Å²) in [5, 5.41) is 7.47. The van der Waals surface area contributed by atoms with Crippen molar-refractivity contribution in [2.24, 2.45) is 0 Å². The Kier molecular flexibility index (Phi) is 4.86. The van der Waals surface area contributed by atoms with Gasteiger partial charge in [-0.1, -0.05) is 0 Å². The molecule has 1 aromatic carbocycles. The third-order valence-electron chi connectivity index (χ3n) is 4.25. The van der Waals surface area contributed by atoms with Gasteiger partial charge in [0, 0.05) is 11.4 Å². The second-order valence-corrected chi connectivity index (χ2v) is 8.27. The van der Waals surface area contributed by atoms with Crippen LogP contribution in [0, 0.1) is 0 Å². The van der Waals surface area contributed by atoms with E-state index < -0.39 is 27.3 Å². The highest BCUT2D eigenvalue weighted by Crippen LogP contribution is 2.32. The lowest BCUT2D eigenvalue weighted by molar-refractivity contribution is -0.122. The van der Waals surface area contributed by atoms with Crippen molar-refractivity contribution in [2.75, 3.05) is 25.7 Å². The van der Waals surface area contributed by atoms with Gasteiger partial charge in [-0.05, 0) is 18.6 Å². The van der Waals surface area contributed by atoms with Gasteiger partial charge in [-0.3, -0.25) is 9.59 Å². The summed E-state index contributed by atoms with van der Waals surface area (Å²) >= 11 is 0. The topological polar surface area (TPSA) is 117 Å².